The van der Waals surface area contributed by atoms with Gasteiger partial charge in [0, 0.05) is 21.1 Å². The Bertz CT molecular complexity index is 1430. The Kier molecular flexibility index (Phi) is 5.47. The molecule has 1 unspecified atom stereocenters. The Hall–Kier alpha value is -4.26. The number of nitrogens with zero attached hydrogens (tertiary/aromatic N) is 3. The summed E-state index contributed by atoms with van der Waals surface area (Å²) in [5, 5.41) is 3.59. The summed E-state index contributed by atoms with van der Waals surface area (Å²) in [6.45, 7) is 3.93. The monoisotopic (exact) mass is 468 g/mol. The normalized spacial score (nSPS) is 14.0. The minimum absolute atomic E-state index is 0.231. The number of hydrogen-bond acceptors (Lipinski definition) is 4. The maximum atomic E-state index is 13.2. The first-order valence-electron chi connectivity index (χ1n) is 11.5. The Balaban J connectivity index is 1.91. The molecule has 1 atom stereocenters. The smallest absolute Gasteiger partial charge is 0.323 e. The fourth-order valence-electron chi connectivity index (χ4n) is 4.80. The fourth-order valence-corrected chi connectivity index (χ4v) is 4.80. The van der Waals surface area contributed by atoms with Crippen molar-refractivity contribution < 1.29 is 14.0 Å². The predicted molar refractivity (Wildman–Crippen MR) is 138 cm³/mol. The number of furan rings is 1. The van der Waals surface area contributed by atoms with Crippen molar-refractivity contribution in [2.45, 2.75) is 19.9 Å². The molecule has 5 rings (SSSR count). The number of anilines is 2. The molecule has 0 fully saturated rings. The SMILES string of the molecule is Cc1ccc(-c2c(C=O)c(N(C)C(=O)N(C)C)c3n2-c2ccccc2NC3c2ccc(C)o2)cc1. The highest BCUT2D eigenvalue weighted by Gasteiger charge is 2.38. The summed E-state index contributed by atoms with van der Waals surface area (Å²) in [5.41, 5.74) is 6.34. The molecule has 7 heteroatoms. The molecule has 0 bridgehead atoms. The number of carbonyl (C=O) groups is 2. The Morgan fingerprint density at radius 2 is 1.71 bits per heavy atom. The average molecular weight is 469 g/mol. The topological polar surface area (TPSA) is 70.7 Å². The lowest BCUT2D eigenvalue weighted by Gasteiger charge is -2.32. The highest BCUT2D eigenvalue weighted by molar-refractivity contribution is 6.04. The van der Waals surface area contributed by atoms with E-state index in [0.717, 1.165) is 45.9 Å². The molecule has 35 heavy (non-hydrogen) atoms. The van der Waals surface area contributed by atoms with E-state index in [0.29, 0.717) is 17.0 Å². The summed E-state index contributed by atoms with van der Waals surface area (Å²) in [7, 11) is 5.10. The zero-order valence-electron chi connectivity index (χ0n) is 20.5. The van der Waals surface area contributed by atoms with Crippen molar-refractivity contribution in [1.29, 1.82) is 0 Å². The molecule has 3 heterocycles. The van der Waals surface area contributed by atoms with Gasteiger partial charge in [0.2, 0.25) is 0 Å². The van der Waals surface area contributed by atoms with E-state index in [1.54, 1.807) is 26.0 Å². The average Bonchev–Trinajstić information content (AvgIpc) is 3.44. The molecule has 0 spiro atoms. The maximum absolute atomic E-state index is 13.2. The number of amides is 2. The highest BCUT2D eigenvalue weighted by Crippen LogP contribution is 2.48. The molecule has 0 aliphatic carbocycles. The molecule has 1 N–H and O–H groups in total. The predicted octanol–water partition coefficient (Wildman–Crippen LogP) is 5.80. The minimum atomic E-state index is -0.413. The fraction of sp³-hybridized carbons (Fsp3) is 0.214. The number of urea groups is 1. The van der Waals surface area contributed by atoms with E-state index in [9.17, 15) is 9.59 Å². The molecule has 4 aromatic rings. The number of aryl methyl sites for hydroxylation is 2. The molecular weight excluding hydrogens is 440 g/mol. The lowest BCUT2D eigenvalue weighted by Crippen LogP contribution is -2.38. The second-order valence-corrected chi connectivity index (χ2v) is 9.09. The Morgan fingerprint density at radius 1 is 1.00 bits per heavy atom. The van der Waals surface area contributed by atoms with Crippen LogP contribution in [0.15, 0.2) is 65.1 Å². The molecule has 0 saturated carbocycles. The van der Waals surface area contributed by atoms with Crippen LogP contribution < -0.4 is 10.2 Å². The van der Waals surface area contributed by atoms with Gasteiger partial charge in [-0.2, -0.15) is 0 Å². The van der Waals surface area contributed by atoms with Crippen LogP contribution in [0.25, 0.3) is 16.9 Å². The van der Waals surface area contributed by atoms with Crippen molar-refractivity contribution in [2.75, 3.05) is 31.4 Å². The molecule has 1 aliphatic rings. The van der Waals surface area contributed by atoms with Gasteiger partial charge in [-0.3, -0.25) is 9.69 Å². The lowest BCUT2D eigenvalue weighted by atomic mass is 10.0. The second-order valence-electron chi connectivity index (χ2n) is 9.09. The number of aromatic nitrogens is 1. The number of benzene rings is 2. The van der Waals surface area contributed by atoms with E-state index in [1.165, 1.54) is 4.90 Å². The molecule has 2 aromatic carbocycles. The van der Waals surface area contributed by atoms with E-state index >= 15 is 0 Å². The van der Waals surface area contributed by atoms with Gasteiger partial charge in [0.15, 0.2) is 6.29 Å². The summed E-state index contributed by atoms with van der Waals surface area (Å²) in [6.07, 6.45) is 0.850. The summed E-state index contributed by atoms with van der Waals surface area (Å²) < 4.78 is 8.16. The van der Waals surface area contributed by atoms with Gasteiger partial charge in [0.25, 0.3) is 0 Å². The van der Waals surface area contributed by atoms with Crippen LogP contribution in [0, 0.1) is 13.8 Å². The molecule has 1 aliphatic heterocycles. The van der Waals surface area contributed by atoms with Crippen LogP contribution in [-0.4, -0.2) is 42.9 Å². The van der Waals surface area contributed by atoms with Crippen molar-refractivity contribution >= 4 is 23.7 Å². The van der Waals surface area contributed by atoms with Crippen LogP contribution in [0.4, 0.5) is 16.2 Å². The first-order chi connectivity index (χ1) is 16.8. The van der Waals surface area contributed by atoms with Crippen molar-refractivity contribution in [3.8, 4) is 16.9 Å². The molecule has 2 aromatic heterocycles. The van der Waals surface area contributed by atoms with Crippen molar-refractivity contribution in [3.05, 3.63) is 89.0 Å². The second kappa shape index (κ2) is 8.51. The molecule has 0 saturated heterocycles. The number of nitrogens with one attached hydrogen (secondary N) is 1. The third-order valence-corrected chi connectivity index (χ3v) is 6.43. The van der Waals surface area contributed by atoms with Crippen molar-refractivity contribution in [3.63, 3.8) is 0 Å². The van der Waals surface area contributed by atoms with Gasteiger partial charge in [0.1, 0.15) is 17.6 Å². The standard InChI is InChI=1S/C28H28N4O3/c1-17-10-13-19(14-11-17)25-20(16-33)26(31(5)28(34)30(3)4)27-24(23-15-12-18(2)35-23)29-21-8-6-7-9-22(21)32(25)27/h6-16,24,29H,1-5H3. The van der Waals surface area contributed by atoms with E-state index in [-0.39, 0.29) is 6.03 Å². The summed E-state index contributed by atoms with van der Waals surface area (Å²) in [6, 6.07) is 19.2. The van der Waals surface area contributed by atoms with Gasteiger partial charge in [0.05, 0.1) is 34.0 Å². The zero-order chi connectivity index (χ0) is 24.9. The van der Waals surface area contributed by atoms with E-state index in [1.807, 2.05) is 74.5 Å². The Labute approximate surface area is 204 Å². The van der Waals surface area contributed by atoms with Crippen LogP contribution >= 0.6 is 0 Å². The number of aldehydes is 1. The number of rotatable bonds is 4. The third kappa shape index (κ3) is 3.60. The molecule has 178 valence electrons. The van der Waals surface area contributed by atoms with Crippen LogP contribution in [-0.2, 0) is 0 Å². The van der Waals surface area contributed by atoms with Crippen molar-refractivity contribution in [1.82, 2.24) is 9.47 Å². The number of para-hydroxylation sites is 2. The van der Waals surface area contributed by atoms with Crippen LogP contribution in [0.5, 0.6) is 0 Å². The van der Waals surface area contributed by atoms with Crippen LogP contribution in [0.3, 0.4) is 0 Å². The lowest BCUT2D eigenvalue weighted by molar-refractivity contribution is 0.112. The van der Waals surface area contributed by atoms with Gasteiger partial charge in [-0.15, -0.1) is 0 Å². The van der Waals surface area contributed by atoms with Gasteiger partial charge < -0.3 is 19.2 Å². The van der Waals surface area contributed by atoms with Gasteiger partial charge in [-0.05, 0) is 43.7 Å². The van der Waals surface area contributed by atoms with Gasteiger partial charge in [-0.25, -0.2) is 4.79 Å². The van der Waals surface area contributed by atoms with E-state index in [4.69, 9.17) is 4.42 Å². The number of carbonyl (C=O) groups excluding carboxylic acids is 2. The minimum Gasteiger partial charge on any atom is -0.464 e. The summed E-state index contributed by atoms with van der Waals surface area (Å²) in [4.78, 5) is 29.0. The molecular formula is C28H28N4O3. The van der Waals surface area contributed by atoms with E-state index < -0.39 is 6.04 Å². The van der Waals surface area contributed by atoms with Gasteiger partial charge >= 0.3 is 6.03 Å². The highest BCUT2D eigenvalue weighted by atomic mass is 16.3. The largest absolute Gasteiger partial charge is 0.464 e. The van der Waals surface area contributed by atoms with E-state index in [2.05, 4.69) is 9.88 Å². The summed E-state index contributed by atoms with van der Waals surface area (Å²) in [5.74, 6) is 1.49. The van der Waals surface area contributed by atoms with Crippen molar-refractivity contribution in [2.24, 2.45) is 0 Å². The maximum Gasteiger partial charge on any atom is 0.323 e. The quantitative estimate of drug-likeness (QED) is 0.384. The van der Waals surface area contributed by atoms with Gasteiger partial charge in [-0.1, -0.05) is 42.0 Å². The summed E-state index contributed by atoms with van der Waals surface area (Å²) >= 11 is 0. The zero-order valence-corrected chi connectivity index (χ0v) is 20.5. The third-order valence-electron chi connectivity index (χ3n) is 6.43. The molecule has 2 amide bonds. The van der Waals surface area contributed by atoms with Crippen LogP contribution in [0.2, 0.25) is 0 Å². The first-order valence-corrected chi connectivity index (χ1v) is 11.5. The first kappa shape index (κ1) is 22.5. The number of fused-ring (bicyclic) bond motifs is 3. The Morgan fingerprint density at radius 3 is 2.34 bits per heavy atom. The molecule has 7 nitrogen and oxygen atoms in total. The number of hydrogen-bond donors (Lipinski definition) is 1. The molecule has 0 radical (unpaired) electrons. The van der Waals surface area contributed by atoms with Crippen LogP contribution in [0.1, 0.15) is 39.2 Å².